The lowest BCUT2D eigenvalue weighted by atomic mass is 9.77. The van der Waals surface area contributed by atoms with E-state index in [0.717, 1.165) is 0 Å². The number of hydrogen-bond donors (Lipinski definition) is 5. The van der Waals surface area contributed by atoms with Crippen LogP contribution in [0.4, 0.5) is 20.2 Å². The summed E-state index contributed by atoms with van der Waals surface area (Å²) < 4.78 is 27.1. The van der Waals surface area contributed by atoms with E-state index in [2.05, 4.69) is 26.6 Å². The number of thiocarbonyl (C=S) groups is 1. The van der Waals surface area contributed by atoms with Gasteiger partial charge in [-0.15, -0.1) is 0 Å². The number of benzene rings is 2. The Hall–Kier alpha value is -3.79. The molecule has 0 aromatic heterocycles. The summed E-state index contributed by atoms with van der Waals surface area (Å²) in [7, 11) is 0. The van der Waals surface area contributed by atoms with E-state index < -0.39 is 17.4 Å². The molecule has 1 atom stereocenters. The molecule has 1 unspecified atom stereocenters. The Bertz CT molecular complexity index is 1230. The van der Waals surface area contributed by atoms with Crippen molar-refractivity contribution in [1.29, 1.82) is 0 Å². The van der Waals surface area contributed by atoms with Crippen LogP contribution in [-0.2, 0) is 9.59 Å². The van der Waals surface area contributed by atoms with Crippen molar-refractivity contribution in [3.63, 3.8) is 0 Å². The number of imide groups is 1. The topological polar surface area (TPSA) is 94.3 Å². The van der Waals surface area contributed by atoms with Crippen molar-refractivity contribution in [3.8, 4) is 0 Å². The van der Waals surface area contributed by atoms with Crippen LogP contribution in [-0.4, -0.2) is 35.6 Å². The number of nitrogens with one attached hydrogen (secondary N) is 5. The monoisotopic (exact) mass is 511 g/mol. The molecule has 0 fully saturated rings. The van der Waals surface area contributed by atoms with E-state index in [1.807, 2.05) is 6.92 Å². The Morgan fingerprint density at radius 1 is 0.972 bits per heavy atom. The van der Waals surface area contributed by atoms with Gasteiger partial charge in [0.15, 0.2) is 5.11 Å². The molecule has 2 aromatic carbocycles. The molecule has 4 rings (SSSR count). The number of hydrogen-bond acceptors (Lipinski definition) is 5. The third-order valence-electron chi connectivity index (χ3n) is 6.11. The standard InChI is InChI=1S/C26H27F2N5O2S/c1-2-29-25(36)30-13-3-12-26(33-19-10-6-17(28)7-11-19)15-21-20(23(34)32-24(21)35)14-22(26)31-18-8-4-16(27)5-9-18/h4-11,14,31,33H,2-3,12-13,15H2,1H3,(H2,29,30,36)(H,32,34,35). The smallest absolute Gasteiger partial charge is 0.258 e. The fourth-order valence-corrected chi connectivity index (χ4v) is 4.63. The molecule has 7 nitrogen and oxygen atoms in total. The first-order chi connectivity index (χ1) is 17.3. The van der Waals surface area contributed by atoms with Gasteiger partial charge < -0.3 is 21.3 Å². The maximum Gasteiger partial charge on any atom is 0.258 e. The molecule has 0 spiro atoms. The van der Waals surface area contributed by atoms with Crippen molar-refractivity contribution in [2.45, 2.75) is 31.7 Å². The van der Waals surface area contributed by atoms with Crippen molar-refractivity contribution in [2.24, 2.45) is 0 Å². The van der Waals surface area contributed by atoms with Crippen molar-refractivity contribution in [3.05, 3.63) is 83.1 Å². The number of carbonyl (C=O) groups is 2. The third kappa shape index (κ3) is 5.71. The number of halogens is 2. The quantitative estimate of drug-likeness (QED) is 0.199. The molecular formula is C26H27F2N5O2S. The molecular weight excluding hydrogens is 484 g/mol. The van der Waals surface area contributed by atoms with Crippen LogP contribution < -0.4 is 26.6 Å². The molecule has 0 bridgehead atoms. The van der Waals surface area contributed by atoms with Crippen LogP contribution in [0.1, 0.15) is 26.2 Å². The normalized spacial score (nSPS) is 18.8. The maximum absolute atomic E-state index is 13.6. The Balaban J connectivity index is 1.69. The fraction of sp³-hybridized carbons (Fsp3) is 0.269. The minimum Gasteiger partial charge on any atom is -0.374 e. The van der Waals surface area contributed by atoms with E-state index in [9.17, 15) is 18.4 Å². The maximum atomic E-state index is 13.6. The molecule has 2 amide bonds. The summed E-state index contributed by atoms with van der Waals surface area (Å²) in [5, 5.41) is 15.9. The van der Waals surface area contributed by atoms with Crippen molar-refractivity contribution in [2.75, 3.05) is 23.7 Å². The number of carbonyl (C=O) groups excluding carboxylic acids is 2. The van der Waals surface area contributed by atoms with Gasteiger partial charge in [-0.2, -0.15) is 0 Å². The zero-order valence-electron chi connectivity index (χ0n) is 19.7. The Morgan fingerprint density at radius 2 is 1.61 bits per heavy atom. The van der Waals surface area contributed by atoms with Gasteiger partial charge in [0, 0.05) is 42.2 Å². The largest absolute Gasteiger partial charge is 0.374 e. The van der Waals surface area contributed by atoms with E-state index in [1.54, 1.807) is 30.3 Å². The van der Waals surface area contributed by atoms with Gasteiger partial charge in [0.25, 0.3) is 11.8 Å². The first-order valence-corrected chi connectivity index (χ1v) is 12.1. The van der Waals surface area contributed by atoms with E-state index >= 15 is 0 Å². The van der Waals surface area contributed by atoms with Crippen LogP contribution in [0, 0.1) is 11.6 Å². The molecule has 2 aromatic rings. The van der Waals surface area contributed by atoms with Gasteiger partial charge in [0.2, 0.25) is 0 Å². The van der Waals surface area contributed by atoms with Crippen LogP contribution in [0.3, 0.4) is 0 Å². The third-order valence-corrected chi connectivity index (χ3v) is 6.40. The van der Waals surface area contributed by atoms with E-state index in [4.69, 9.17) is 12.2 Å². The molecule has 0 saturated carbocycles. The van der Waals surface area contributed by atoms with Crippen LogP contribution in [0.25, 0.3) is 0 Å². The van der Waals surface area contributed by atoms with Crippen LogP contribution in [0.2, 0.25) is 0 Å². The second-order valence-electron chi connectivity index (χ2n) is 8.65. The lowest BCUT2D eigenvalue weighted by molar-refractivity contribution is -0.124. The van der Waals surface area contributed by atoms with Gasteiger partial charge in [-0.25, -0.2) is 8.78 Å². The number of amides is 2. The summed E-state index contributed by atoms with van der Waals surface area (Å²) in [6, 6.07) is 11.8. The first kappa shape index (κ1) is 25.3. The molecule has 1 aliphatic carbocycles. The molecule has 1 aliphatic heterocycles. The van der Waals surface area contributed by atoms with Crippen molar-refractivity contribution in [1.82, 2.24) is 16.0 Å². The average molecular weight is 512 g/mol. The van der Waals surface area contributed by atoms with Gasteiger partial charge >= 0.3 is 0 Å². The highest BCUT2D eigenvalue weighted by atomic mass is 32.1. The van der Waals surface area contributed by atoms with Crippen molar-refractivity contribution < 1.29 is 18.4 Å². The van der Waals surface area contributed by atoms with Gasteiger partial charge in [-0.05, 0) is 86.6 Å². The van der Waals surface area contributed by atoms with E-state index in [1.165, 1.54) is 24.3 Å². The molecule has 5 N–H and O–H groups in total. The lowest BCUT2D eigenvalue weighted by Crippen LogP contribution is -2.46. The highest BCUT2D eigenvalue weighted by Gasteiger charge is 2.44. The van der Waals surface area contributed by atoms with Crippen LogP contribution >= 0.6 is 12.2 Å². The summed E-state index contributed by atoms with van der Waals surface area (Å²) in [6.45, 7) is 3.23. The molecule has 10 heteroatoms. The Morgan fingerprint density at radius 3 is 2.25 bits per heavy atom. The van der Waals surface area contributed by atoms with E-state index in [-0.39, 0.29) is 18.1 Å². The minimum atomic E-state index is -0.853. The zero-order chi connectivity index (χ0) is 25.7. The fourth-order valence-electron chi connectivity index (χ4n) is 4.38. The number of rotatable bonds is 9. The molecule has 36 heavy (non-hydrogen) atoms. The molecule has 2 aliphatic rings. The molecule has 188 valence electrons. The highest BCUT2D eigenvalue weighted by molar-refractivity contribution is 7.80. The second-order valence-corrected chi connectivity index (χ2v) is 9.05. The Labute approximate surface area is 213 Å². The van der Waals surface area contributed by atoms with Gasteiger partial charge in [-0.1, -0.05) is 0 Å². The zero-order valence-corrected chi connectivity index (χ0v) is 20.5. The molecule has 0 saturated heterocycles. The molecule has 0 radical (unpaired) electrons. The van der Waals surface area contributed by atoms with Crippen LogP contribution in [0.15, 0.2) is 71.5 Å². The SMILES string of the molecule is CCNC(=S)NCCCC1(Nc2ccc(F)cc2)CC2=C(C=C1Nc1ccc(F)cc1)C(=O)NC2=O. The van der Waals surface area contributed by atoms with Gasteiger partial charge in [0.05, 0.1) is 11.1 Å². The van der Waals surface area contributed by atoms with Crippen molar-refractivity contribution >= 4 is 40.5 Å². The predicted octanol–water partition coefficient (Wildman–Crippen LogP) is 3.73. The highest BCUT2D eigenvalue weighted by Crippen LogP contribution is 2.41. The number of anilines is 2. The van der Waals surface area contributed by atoms with Gasteiger partial charge in [0.1, 0.15) is 11.6 Å². The first-order valence-electron chi connectivity index (χ1n) is 11.7. The van der Waals surface area contributed by atoms with Crippen LogP contribution in [0.5, 0.6) is 0 Å². The van der Waals surface area contributed by atoms with E-state index in [0.29, 0.717) is 59.3 Å². The summed E-state index contributed by atoms with van der Waals surface area (Å²) in [5.41, 5.74) is 1.73. The Kier molecular flexibility index (Phi) is 7.64. The minimum absolute atomic E-state index is 0.217. The lowest BCUT2D eigenvalue weighted by Gasteiger charge is -2.41. The summed E-state index contributed by atoms with van der Waals surface area (Å²) in [6.07, 6.45) is 3.06. The van der Waals surface area contributed by atoms with Gasteiger partial charge in [-0.3, -0.25) is 14.9 Å². The summed E-state index contributed by atoms with van der Waals surface area (Å²) in [4.78, 5) is 25.1. The summed E-state index contributed by atoms with van der Waals surface area (Å²) >= 11 is 5.25. The average Bonchev–Trinajstić information content (AvgIpc) is 3.12. The summed E-state index contributed by atoms with van der Waals surface area (Å²) in [5.74, 6) is -1.63. The predicted molar refractivity (Wildman–Crippen MR) is 139 cm³/mol. The molecule has 1 heterocycles. The second kappa shape index (κ2) is 10.9.